The Morgan fingerprint density at radius 3 is 2.77 bits per heavy atom. The first-order valence-electron chi connectivity index (χ1n) is 7.18. The van der Waals surface area contributed by atoms with E-state index in [1.54, 1.807) is 12.5 Å². The third-order valence-electron chi connectivity index (χ3n) is 3.27. The summed E-state index contributed by atoms with van der Waals surface area (Å²) in [5.41, 5.74) is 0.847. The second-order valence-corrected chi connectivity index (χ2v) is 4.86. The first-order valence-corrected chi connectivity index (χ1v) is 7.18. The highest BCUT2D eigenvalue weighted by Crippen LogP contribution is 2.23. The number of aromatic nitrogens is 2. The molecule has 0 saturated carbocycles. The van der Waals surface area contributed by atoms with Crippen molar-refractivity contribution in [3.63, 3.8) is 0 Å². The van der Waals surface area contributed by atoms with Gasteiger partial charge in [0.1, 0.15) is 0 Å². The van der Waals surface area contributed by atoms with Crippen molar-refractivity contribution >= 4 is 0 Å². The molecule has 122 valence electrons. The summed E-state index contributed by atoms with van der Waals surface area (Å²) in [7, 11) is 0. The molecule has 2 N–H and O–H groups in total. The number of nitrogens with one attached hydrogen (secondary N) is 2. The van der Waals surface area contributed by atoms with Crippen LogP contribution < -0.4 is 5.32 Å². The summed E-state index contributed by atoms with van der Waals surface area (Å²) in [4.78, 5) is 19.1. The average Bonchev–Trinajstić information content (AvgIpc) is 2.95. The molecule has 0 atom stereocenters. The SMILES string of the molecule is CCOC1(OCC)CNC(=C[N+](=O)[O-])N(Cc2cnc[nH]2)C1. The molecular formula is C13H21N5O4. The Morgan fingerprint density at radius 2 is 2.23 bits per heavy atom. The Hall–Kier alpha value is -2.13. The van der Waals surface area contributed by atoms with Crippen LogP contribution in [0.4, 0.5) is 0 Å². The zero-order chi connectivity index (χ0) is 16.0. The van der Waals surface area contributed by atoms with Gasteiger partial charge in [-0.1, -0.05) is 0 Å². The van der Waals surface area contributed by atoms with E-state index in [9.17, 15) is 10.1 Å². The smallest absolute Gasteiger partial charge is 0.274 e. The summed E-state index contributed by atoms with van der Waals surface area (Å²) in [5, 5.41) is 13.8. The van der Waals surface area contributed by atoms with Crippen molar-refractivity contribution in [2.24, 2.45) is 0 Å². The molecule has 1 fully saturated rings. The molecule has 1 aliphatic rings. The number of imidazole rings is 1. The van der Waals surface area contributed by atoms with Gasteiger partial charge >= 0.3 is 0 Å². The van der Waals surface area contributed by atoms with E-state index in [0.29, 0.717) is 38.7 Å². The lowest BCUT2D eigenvalue weighted by atomic mass is 10.2. The third-order valence-corrected chi connectivity index (χ3v) is 3.27. The number of hydrogen-bond donors (Lipinski definition) is 2. The van der Waals surface area contributed by atoms with Gasteiger partial charge in [0.15, 0.2) is 5.82 Å². The van der Waals surface area contributed by atoms with Gasteiger partial charge in [0.25, 0.3) is 6.20 Å². The lowest BCUT2D eigenvalue weighted by molar-refractivity contribution is -0.405. The van der Waals surface area contributed by atoms with Crippen molar-refractivity contribution < 1.29 is 14.4 Å². The maximum absolute atomic E-state index is 10.8. The van der Waals surface area contributed by atoms with Gasteiger partial charge in [-0.3, -0.25) is 10.1 Å². The van der Waals surface area contributed by atoms with Gasteiger partial charge in [0.2, 0.25) is 5.79 Å². The molecule has 0 amide bonds. The molecule has 2 rings (SSSR count). The number of rotatable bonds is 7. The second kappa shape index (κ2) is 7.23. The van der Waals surface area contributed by atoms with Crippen molar-refractivity contribution in [2.75, 3.05) is 26.3 Å². The molecule has 0 unspecified atom stereocenters. The van der Waals surface area contributed by atoms with E-state index in [2.05, 4.69) is 15.3 Å². The normalized spacial score (nSPS) is 19.2. The quantitative estimate of drug-likeness (QED) is 0.433. The number of H-pyrrole nitrogens is 1. The molecule has 9 heteroatoms. The number of nitro groups is 1. The van der Waals surface area contributed by atoms with Crippen LogP contribution in [0.1, 0.15) is 19.5 Å². The molecule has 0 aliphatic carbocycles. The second-order valence-electron chi connectivity index (χ2n) is 4.86. The molecule has 22 heavy (non-hydrogen) atoms. The van der Waals surface area contributed by atoms with Crippen LogP contribution in [0.3, 0.4) is 0 Å². The van der Waals surface area contributed by atoms with E-state index in [1.807, 2.05) is 18.7 Å². The molecule has 1 aromatic heterocycles. The predicted octanol–water partition coefficient (Wildman–Crippen LogP) is 0.660. The number of ether oxygens (including phenoxy) is 2. The highest BCUT2D eigenvalue weighted by molar-refractivity contribution is 5.06. The molecule has 1 aromatic rings. The van der Waals surface area contributed by atoms with E-state index in [4.69, 9.17) is 9.47 Å². The molecule has 1 saturated heterocycles. The minimum absolute atomic E-state index is 0.355. The minimum Gasteiger partial charge on any atom is -0.361 e. The van der Waals surface area contributed by atoms with E-state index in [-0.39, 0.29) is 0 Å². The Kier molecular flexibility index (Phi) is 5.34. The van der Waals surface area contributed by atoms with Gasteiger partial charge in [0.05, 0.1) is 36.6 Å². The zero-order valence-corrected chi connectivity index (χ0v) is 12.7. The predicted molar refractivity (Wildman–Crippen MR) is 78.1 cm³/mol. The average molecular weight is 311 g/mol. The Bertz CT molecular complexity index is 511. The largest absolute Gasteiger partial charge is 0.361 e. The minimum atomic E-state index is -0.822. The Balaban J connectivity index is 2.21. The zero-order valence-electron chi connectivity index (χ0n) is 12.7. The maximum Gasteiger partial charge on any atom is 0.274 e. The number of nitrogens with zero attached hydrogens (tertiary/aromatic N) is 3. The van der Waals surface area contributed by atoms with Gasteiger partial charge in [0, 0.05) is 19.4 Å². The fourth-order valence-corrected chi connectivity index (χ4v) is 2.48. The first kappa shape index (κ1) is 16.2. The van der Waals surface area contributed by atoms with Crippen LogP contribution in [-0.4, -0.2) is 51.9 Å². The Labute approximate surface area is 128 Å². The van der Waals surface area contributed by atoms with Crippen LogP contribution in [0.2, 0.25) is 0 Å². The molecular weight excluding hydrogens is 290 g/mol. The van der Waals surface area contributed by atoms with Crippen molar-refractivity contribution in [3.8, 4) is 0 Å². The fraction of sp³-hybridized carbons (Fsp3) is 0.615. The molecule has 9 nitrogen and oxygen atoms in total. The van der Waals surface area contributed by atoms with Crippen LogP contribution in [0.5, 0.6) is 0 Å². The summed E-state index contributed by atoms with van der Waals surface area (Å²) < 4.78 is 11.5. The van der Waals surface area contributed by atoms with Crippen LogP contribution >= 0.6 is 0 Å². The third kappa shape index (κ3) is 3.95. The van der Waals surface area contributed by atoms with Crippen molar-refractivity contribution in [1.82, 2.24) is 20.2 Å². The van der Waals surface area contributed by atoms with Crippen LogP contribution in [0.25, 0.3) is 0 Å². The number of hydrogen-bond acceptors (Lipinski definition) is 7. The van der Waals surface area contributed by atoms with Crippen LogP contribution in [0.15, 0.2) is 24.5 Å². The lowest BCUT2D eigenvalue weighted by Crippen LogP contribution is -2.59. The van der Waals surface area contributed by atoms with E-state index < -0.39 is 10.7 Å². The van der Waals surface area contributed by atoms with E-state index in [1.165, 1.54) is 0 Å². The molecule has 2 heterocycles. The molecule has 0 aromatic carbocycles. The highest BCUT2D eigenvalue weighted by atomic mass is 16.7. The van der Waals surface area contributed by atoms with Crippen molar-refractivity contribution in [3.05, 3.63) is 40.4 Å². The molecule has 0 radical (unpaired) electrons. The topological polar surface area (TPSA) is 106 Å². The Morgan fingerprint density at radius 1 is 1.50 bits per heavy atom. The lowest BCUT2D eigenvalue weighted by Gasteiger charge is -2.43. The van der Waals surface area contributed by atoms with Gasteiger partial charge in [-0.2, -0.15) is 0 Å². The van der Waals surface area contributed by atoms with Crippen molar-refractivity contribution in [2.45, 2.75) is 26.2 Å². The van der Waals surface area contributed by atoms with Gasteiger partial charge in [-0.15, -0.1) is 0 Å². The van der Waals surface area contributed by atoms with Crippen molar-refractivity contribution in [1.29, 1.82) is 0 Å². The summed E-state index contributed by atoms with van der Waals surface area (Å²) in [6, 6.07) is 0. The van der Waals surface area contributed by atoms with E-state index >= 15 is 0 Å². The fourth-order valence-electron chi connectivity index (χ4n) is 2.48. The van der Waals surface area contributed by atoms with E-state index in [0.717, 1.165) is 11.9 Å². The monoisotopic (exact) mass is 311 g/mol. The first-order chi connectivity index (χ1) is 10.6. The summed E-state index contributed by atoms with van der Waals surface area (Å²) in [6.45, 7) is 5.95. The summed E-state index contributed by atoms with van der Waals surface area (Å²) in [5.74, 6) is -0.396. The molecule has 1 aliphatic heterocycles. The standard InChI is InChI=1S/C13H21N5O4/c1-3-21-13(22-4-2)8-15-12(7-18(19)20)17(9-13)6-11-5-14-10-16-11/h5,7,10,15H,3-4,6,8-9H2,1-2H3,(H,14,16). The maximum atomic E-state index is 10.8. The van der Waals surface area contributed by atoms with Crippen LogP contribution in [-0.2, 0) is 16.0 Å². The van der Waals surface area contributed by atoms with Gasteiger partial charge in [-0.05, 0) is 13.8 Å². The molecule has 0 bridgehead atoms. The van der Waals surface area contributed by atoms with Gasteiger partial charge < -0.3 is 24.7 Å². The van der Waals surface area contributed by atoms with Crippen LogP contribution in [0, 0.1) is 10.1 Å². The highest BCUT2D eigenvalue weighted by Gasteiger charge is 2.39. The summed E-state index contributed by atoms with van der Waals surface area (Å²) >= 11 is 0. The number of aromatic amines is 1. The summed E-state index contributed by atoms with van der Waals surface area (Å²) in [6.07, 6.45) is 4.21. The van der Waals surface area contributed by atoms with Gasteiger partial charge in [-0.25, -0.2) is 4.98 Å². The molecule has 0 spiro atoms.